The summed E-state index contributed by atoms with van der Waals surface area (Å²) in [5.41, 5.74) is 0.0449. The molecule has 0 spiro atoms. The molecular formula is C11H10BrF2NO2. The molecule has 17 heavy (non-hydrogen) atoms. The predicted molar refractivity (Wildman–Crippen MR) is 60.5 cm³/mol. The molecule has 0 unspecified atom stereocenters. The zero-order valence-electron chi connectivity index (χ0n) is 8.80. The van der Waals surface area contributed by atoms with Gasteiger partial charge in [0.1, 0.15) is 11.6 Å². The molecule has 0 radical (unpaired) electrons. The van der Waals surface area contributed by atoms with Gasteiger partial charge in [0, 0.05) is 5.56 Å². The molecular weight excluding hydrogens is 296 g/mol. The van der Waals surface area contributed by atoms with Crippen LogP contribution in [0.2, 0.25) is 0 Å². The Labute approximate surface area is 105 Å². The Morgan fingerprint density at radius 2 is 2.12 bits per heavy atom. The van der Waals surface area contributed by atoms with Crippen molar-refractivity contribution in [2.24, 2.45) is 0 Å². The van der Waals surface area contributed by atoms with Crippen LogP contribution in [0.1, 0.15) is 5.56 Å². The van der Waals surface area contributed by atoms with Crippen LogP contribution in [0.15, 0.2) is 16.6 Å². The number of amides is 1. The van der Waals surface area contributed by atoms with E-state index in [0.29, 0.717) is 13.2 Å². The maximum atomic E-state index is 13.4. The largest absolute Gasteiger partial charge is 0.377 e. The average Bonchev–Trinajstić information content (AvgIpc) is 2.20. The van der Waals surface area contributed by atoms with Crippen molar-refractivity contribution in [3.63, 3.8) is 0 Å². The van der Waals surface area contributed by atoms with Crippen molar-refractivity contribution in [1.82, 2.24) is 5.32 Å². The summed E-state index contributed by atoms with van der Waals surface area (Å²) in [5.74, 6) is -1.52. The van der Waals surface area contributed by atoms with Crippen LogP contribution in [0.5, 0.6) is 0 Å². The van der Waals surface area contributed by atoms with Gasteiger partial charge in [0.15, 0.2) is 0 Å². The molecule has 1 aromatic rings. The van der Waals surface area contributed by atoms with E-state index in [1.165, 1.54) is 0 Å². The molecule has 0 aliphatic carbocycles. The number of halogens is 3. The molecule has 0 atom stereocenters. The first-order valence-corrected chi connectivity index (χ1v) is 5.86. The Balaban J connectivity index is 2.02. The maximum absolute atomic E-state index is 13.4. The van der Waals surface area contributed by atoms with Gasteiger partial charge in [-0.25, -0.2) is 8.78 Å². The zero-order chi connectivity index (χ0) is 12.4. The molecule has 0 bridgehead atoms. The summed E-state index contributed by atoms with van der Waals surface area (Å²) in [6.45, 7) is 0.950. The van der Waals surface area contributed by atoms with Crippen LogP contribution in [-0.4, -0.2) is 25.2 Å². The quantitative estimate of drug-likeness (QED) is 0.865. The van der Waals surface area contributed by atoms with Crippen LogP contribution < -0.4 is 5.32 Å². The van der Waals surface area contributed by atoms with Crippen LogP contribution in [0.25, 0.3) is 0 Å². The molecule has 2 rings (SSSR count). The van der Waals surface area contributed by atoms with E-state index in [-0.39, 0.29) is 28.4 Å². The lowest BCUT2D eigenvalue weighted by molar-refractivity contribution is -0.124. The Morgan fingerprint density at radius 3 is 2.71 bits per heavy atom. The van der Waals surface area contributed by atoms with E-state index in [2.05, 4.69) is 21.2 Å². The highest BCUT2D eigenvalue weighted by Crippen LogP contribution is 2.20. The van der Waals surface area contributed by atoms with Crippen molar-refractivity contribution in [1.29, 1.82) is 0 Å². The molecule has 3 nitrogen and oxygen atoms in total. The number of carbonyl (C=O) groups excluding carboxylic acids is 1. The summed E-state index contributed by atoms with van der Waals surface area (Å²) in [6, 6.07) is 2.03. The van der Waals surface area contributed by atoms with Gasteiger partial charge < -0.3 is 10.1 Å². The maximum Gasteiger partial charge on any atom is 0.224 e. The SMILES string of the molecule is O=C(Cc1cc(F)c(Br)cc1F)NC1COC1. The molecule has 1 saturated heterocycles. The first kappa shape index (κ1) is 12.4. The molecule has 92 valence electrons. The lowest BCUT2D eigenvalue weighted by Gasteiger charge is -2.26. The van der Waals surface area contributed by atoms with Crippen molar-refractivity contribution in [2.45, 2.75) is 12.5 Å². The number of hydrogen-bond acceptors (Lipinski definition) is 2. The van der Waals surface area contributed by atoms with Gasteiger partial charge in [-0.1, -0.05) is 0 Å². The highest BCUT2D eigenvalue weighted by Gasteiger charge is 2.21. The molecule has 1 heterocycles. The summed E-state index contributed by atoms with van der Waals surface area (Å²) in [4.78, 5) is 11.5. The Kier molecular flexibility index (Phi) is 3.73. The van der Waals surface area contributed by atoms with Crippen molar-refractivity contribution in [2.75, 3.05) is 13.2 Å². The van der Waals surface area contributed by atoms with E-state index in [9.17, 15) is 13.6 Å². The van der Waals surface area contributed by atoms with Crippen molar-refractivity contribution in [3.05, 3.63) is 33.8 Å². The smallest absolute Gasteiger partial charge is 0.224 e. The lowest BCUT2D eigenvalue weighted by Crippen LogP contribution is -2.49. The summed E-state index contributed by atoms with van der Waals surface area (Å²) in [7, 11) is 0. The molecule has 1 fully saturated rings. The number of rotatable bonds is 3. The number of carbonyl (C=O) groups is 1. The third-order valence-electron chi connectivity index (χ3n) is 2.44. The Bertz CT molecular complexity index is 449. The highest BCUT2D eigenvalue weighted by atomic mass is 79.9. The minimum Gasteiger partial charge on any atom is -0.377 e. The van der Waals surface area contributed by atoms with E-state index in [1.807, 2.05) is 0 Å². The van der Waals surface area contributed by atoms with E-state index in [1.54, 1.807) is 0 Å². The van der Waals surface area contributed by atoms with Gasteiger partial charge in [-0.3, -0.25) is 4.79 Å². The number of hydrogen-bond donors (Lipinski definition) is 1. The second-order valence-electron chi connectivity index (χ2n) is 3.84. The minimum atomic E-state index is -0.599. The average molecular weight is 306 g/mol. The number of nitrogens with one attached hydrogen (secondary N) is 1. The van der Waals surface area contributed by atoms with Crippen molar-refractivity contribution >= 4 is 21.8 Å². The minimum absolute atomic E-state index is 0.00847. The van der Waals surface area contributed by atoms with Crippen molar-refractivity contribution in [3.8, 4) is 0 Å². The van der Waals surface area contributed by atoms with Crippen LogP contribution in [-0.2, 0) is 16.0 Å². The van der Waals surface area contributed by atoms with E-state index in [0.717, 1.165) is 12.1 Å². The van der Waals surface area contributed by atoms with E-state index in [4.69, 9.17) is 4.74 Å². The normalized spacial score (nSPS) is 15.5. The summed E-state index contributed by atoms with van der Waals surface area (Å²) < 4.78 is 31.5. The predicted octanol–water partition coefficient (Wildman–Crippen LogP) is 1.78. The molecule has 1 N–H and O–H groups in total. The molecule has 1 aliphatic heterocycles. The lowest BCUT2D eigenvalue weighted by atomic mass is 10.1. The third-order valence-corrected chi connectivity index (χ3v) is 3.05. The van der Waals surface area contributed by atoms with Gasteiger partial charge in [-0.05, 0) is 28.1 Å². The third kappa shape index (κ3) is 3.01. The fraction of sp³-hybridized carbons (Fsp3) is 0.364. The Hall–Kier alpha value is -1.01. The van der Waals surface area contributed by atoms with Crippen LogP contribution >= 0.6 is 15.9 Å². The van der Waals surface area contributed by atoms with Gasteiger partial charge in [0.2, 0.25) is 5.91 Å². The zero-order valence-corrected chi connectivity index (χ0v) is 10.4. The summed E-state index contributed by atoms with van der Waals surface area (Å²) >= 11 is 2.87. The van der Waals surface area contributed by atoms with Crippen molar-refractivity contribution < 1.29 is 18.3 Å². The standard InChI is InChI=1S/C11H10BrF2NO2/c12-8-3-9(13)6(1-10(8)14)2-11(16)15-7-4-17-5-7/h1,3,7H,2,4-5H2,(H,15,16). The van der Waals surface area contributed by atoms with E-state index >= 15 is 0 Å². The van der Waals surface area contributed by atoms with Gasteiger partial charge in [-0.2, -0.15) is 0 Å². The van der Waals surface area contributed by atoms with Gasteiger partial charge in [0.05, 0.1) is 30.1 Å². The van der Waals surface area contributed by atoms with Gasteiger partial charge >= 0.3 is 0 Å². The van der Waals surface area contributed by atoms with Crippen LogP contribution in [0.4, 0.5) is 8.78 Å². The molecule has 1 aliphatic rings. The van der Waals surface area contributed by atoms with Gasteiger partial charge in [0.25, 0.3) is 0 Å². The number of benzene rings is 1. The second kappa shape index (κ2) is 5.10. The van der Waals surface area contributed by atoms with E-state index < -0.39 is 11.6 Å². The fourth-order valence-corrected chi connectivity index (χ4v) is 1.79. The molecule has 0 saturated carbocycles. The summed E-state index contributed by atoms with van der Waals surface area (Å²) in [5, 5.41) is 2.66. The van der Waals surface area contributed by atoms with Crippen LogP contribution in [0.3, 0.4) is 0 Å². The summed E-state index contributed by atoms with van der Waals surface area (Å²) in [6.07, 6.45) is -0.174. The topological polar surface area (TPSA) is 38.3 Å². The Morgan fingerprint density at radius 1 is 1.41 bits per heavy atom. The van der Waals surface area contributed by atoms with Gasteiger partial charge in [-0.15, -0.1) is 0 Å². The van der Waals surface area contributed by atoms with Crippen LogP contribution in [0, 0.1) is 11.6 Å². The molecule has 1 amide bonds. The number of ether oxygens (including phenoxy) is 1. The first-order valence-electron chi connectivity index (χ1n) is 5.07. The fourth-order valence-electron chi connectivity index (χ4n) is 1.47. The second-order valence-corrected chi connectivity index (χ2v) is 4.69. The monoisotopic (exact) mass is 305 g/mol. The highest BCUT2D eigenvalue weighted by molar-refractivity contribution is 9.10. The molecule has 1 aromatic carbocycles. The molecule has 6 heteroatoms. The first-order chi connectivity index (χ1) is 8.06. The molecule has 0 aromatic heterocycles.